The summed E-state index contributed by atoms with van der Waals surface area (Å²) in [5, 5.41) is 3.14. The Morgan fingerprint density at radius 3 is 2.61 bits per heavy atom. The van der Waals surface area contributed by atoms with Gasteiger partial charge < -0.3 is 0 Å². The van der Waals surface area contributed by atoms with Crippen molar-refractivity contribution >= 4 is 15.9 Å². The lowest BCUT2D eigenvalue weighted by molar-refractivity contribution is 0.621. The molecule has 1 fully saturated rings. The Morgan fingerprint density at radius 1 is 1.33 bits per heavy atom. The van der Waals surface area contributed by atoms with Crippen LogP contribution >= 0.6 is 15.9 Å². The number of nitrogens with one attached hydrogen (secondary N) is 1. The summed E-state index contributed by atoms with van der Waals surface area (Å²) in [5.41, 5.74) is 1.83. The zero-order chi connectivity index (χ0) is 12.7. The Bertz CT molecular complexity index is 625. The van der Waals surface area contributed by atoms with Crippen LogP contribution in [0.5, 0.6) is 0 Å². The average Bonchev–Trinajstić information content (AvgIpc) is 3.15. The van der Waals surface area contributed by atoms with Gasteiger partial charge in [0, 0.05) is 5.92 Å². The van der Waals surface area contributed by atoms with Crippen molar-refractivity contribution in [3.8, 4) is 0 Å². The molecule has 0 radical (unpaired) electrons. The van der Waals surface area contributed by atoms with Crippen molar-refractivity contribution < 1.29 is 4.39 Å². The van der Waals surface area contributed by atoms with E-state index in [9.17, 15) is 9.18 Å². The van der Waals surface area contributed by atoms with Crippen molar-refractivity contribution in [1.82, 2.24) is 9.78 Å². The molecule has 1 aromatic heterocycles. The normalized spacial score (nSPS) is 15.0. The van der Waals surface area contributed by atoms with Crippen LogP contribution in [0, 0.1) is 5.82 Å². The lowest BCUT2D eigenvalue weighted by Gasteiger charge is -2.02. The van der Waals surface area contributed by atoms with E-state index in [1.54, 1.807) is 16.8 Å². The van der Waals surface area contributed by atoms with Gasteiger partial charge in [0.2, 0.25) is 0 Å². The molecule has 0 amide bonds. The molecule has 0 unspecified atom stereocenters. The Morgan fingerprint density at radius 2 is 2.00 bits per heavy atom. The van der Waals surface area contributed by atoms with Gasteiger partial charge in [-0.1, -0.05) is 12.1 Å². The first-order valence-corrected chi connectivity index (χ1v) is 6.67. The van der Waals surface area contributed by atoms with Gasteiger partial charge in [-0.2, -0.15) is 0 Å². The summed E-state index contributed by atoms with van der Waals surface area (Å²) in [5.74, 6) is 0.221. The number of hydrogen-bond acceptors (Lipinski definition) is 1. The fourth-order valence-electron chi connectivity index (χ4n) is 2.01. The maximum absolute atomic E-state index is 12.8. The Hall–Kier alpha value is -1.36. The largest absolute Gasteiger partial charge is 0.298 e. The molecule has 0 saturated heterocycles. The molecule has 3 rings (SSSR count). The lowest BCUT2D eigenvalue weighted by Crippen LogP contribution is -2.17. The number of rotatable bonds is 3. The molecular weight excluding hydrogens is 299 g/mol. The number of H-pyrrole nitrogens is 1. The molecule has 1 aliphatic rings. The quantitative estimate of drug-likeness (QED) is 0.930. The highest BCUT2D eigenvalue weighted by Crippen LogP contribution is 2.41. The summed E-state index contributed by atoms with van der Waals surface area (Å²) in [6, 6.07) is 6.18. The van der Waals surface area contributed by atoms with Crippen molar-refractivity contribution in [2.24, 2.45) is 0 Å². The van der Waals surface area contributed by atoms with E-state index < -0.39 is 0 Å². The molecular formula is C13H12BrFN2O. The Kier molecular flexibility index (Phi) is 2.86. The maximum atomic E-state index is 12.8. The molecule has 0 atom stereocenters. The van der Waals surface area contributed by atoms with Gasteiger partial charge in [0.15, 0.2) is 0 Å². The first-order chi connectivity index (χ1) is 8.65. The molecule has 0 bridgehead atoms. The molecule has 94 valence electrons. The van der Waals surface area contributed by atoms with Crippen LogP contribution in [0.3, 0.4) is 0 Å². The fourth-order valence-corrected chi connectivity index (χ4v) is 2.63. The summed E-state index contributed by atoms with van der Waals surface area (Å²) < 4.78 is 15.0. The second-order valence-corrected chi connectivity index (χ2v) is 5.42. The Balaban J connectivity index is 1.90. The van der Waals surface area contributed by atoms with Gasteiger partial charge in [-0.15, -0.1) is 0 Å². The zero-order valence-corrected chi connectivity index (χ0v) is 11.2. The van der Waals surface area contributed by atoms with Gasteiger partial charge >= 0.3 is 0 Å². The summed E-state index contributed by atoms with van der Waals surface area (Å²) in [7, 11) is 0. The number of halogens is 2. The SMILES string of the molecule is O=c1c(Br)c(C2CC2)[nH]n1Cc1ccc(F)cc1. The third-order valence-electron chi connectivity index (χ3n) is 3.16. The third-order valence-corrected chi connectivity index (χ3v) is 3.93. The molecule has 1 saturated carbocycles. The van der Waals surface area contributed by atoms with Crippen LogP contribution in [0.15, 0.2) is 33.5 Å². The van der Waals surface area contributed by atoms with E-state index >= 15 is 0 Å². The smallest absolute Gasteiger partial charge is 0.281 e. The van der Waals surface area contributed by atoms with Gasteiger partial charge in [0.05, 0.1) is 12.2 Å². The van der Waals surface area contributed by atoms with Crippen LogP contribution < -0.4 is 5.56 Å². The van der Waals surface area contributed by atoms with E-state index in [1.165, 1.54) is 12.1 Å². The van der Waals surface area contributed by atoms with Gasteiger partial charge in [-0.25, -0.2) is 9.07 Å². The number of aromatic amines is 1. The lowest BCUT2D eigenvalue weighted by atomic mass is 10.2. The molecule has 0 spiro atoms. The van der Waals surface area contributed by atoms with Gasteiger partial charge in [0.1, 0.15) is 10.3 Å². The highest BCUT2D eigenvalue weighted by atomic mass is 79.9. The highest BCUT2D eigenvalue weighted by Gasteiger charge is 2.29. The predicted molar refractivity (Wildman–Crippen MR) is 70.2 cm³/mol. The minimum Gasteiger partial charge on any atom is -0.298 e. The molecule has 5 heteroatoms. The van der Waals surface area contributed by atoms with Crippen molar-refractivity contribution in [3.63, 3.8) is 0 Å². The summed E-state index contributed by atoms with van der Waals surface area (Å²) in [6.45, 7) is 0.435. The fraction of sp³-hybridized carbons (Fsp3) is 0.308. The third kappa shape index (κ3) is 2.14. The Labute approximate surface area is 112 Å². The van der Waals surface area contributed by atoms with E-state index in [0.717, 1.165) is 24.1 Å². The second kappa shape index (κ2) is 4.39. The molecule has 1 N–H and O–H groups in total. The van der Waals surface area contributed by atoms with Crippen LogP contribution in [-0.2, 0) is 6.54 Å². The van der Waals surface area contributed by atoms with Crippen molar-refractivity contribution in [2.45, 2.75) is 25.3 Å². The standard InChI is InChI=1S/C13H12BrFN2O/c14-11-12(9-3-4-9)16-17(13(11)18)7-8-1-5-10(15)6-2-8/h1-2,5-6,9,16H,3-4,7H2. The number of aromatic nitrogens is 2. The molecule has 1 heterocycles. The van der Waals surface area contributed by atoms with Gasteiger partial charge in [0.25, 0.3) is 5.56 Å². The summed E-state index contributed by atoms with van der Waals surface area (Å²) >= 11 is 3.34. The molecule has 2 aromatic rings. The van der Waals surface area contributed by atoms with Gasteiger partial charge in [-0.3, -0.25) is 9.89 Å². The van der Waals surface area contributed by atoms with Crippen LogP contribution in [-0.4, -0.2) is 9.78 Å². The van der Waals surface area contributed by atoms with Crippen molar-refractivity contribution in [3.05, 3.63) is 56.2 Å². The van der Waals surface area contributed by atoms with Crippen LogP contribution in [0.1, 0.15) is 30.0 Å². The number of benzene rings is 1. The monoisotopic (exact) mass is 310 g/mol. The van der Waals surface area contributed by atoms with Crippen LogP contribution in [0.4, 0.5) is 4.39 Å². The molecule has 1 aromatic carbocycles. The van der Waals surface area contributed by atoms with E-state index in [4.69, 9.17) is 0 Å². The predicted octanol–water partition coefficient (Wildman–Crippen LogP) is 3.00. The van der Waals surface area contributed by atoms with E-state index in [0.29, 0.717) is 16.9 Å². The molecule has 18 heavy (non-hydrogen) atoms. The first-order valence-electron chi connectivity index (χ1n) is 5.88. The first kappa shape index (κ1) is 11.7. The minimum atomic E-state index is -0.266. The van der Waals surface area contributed by atoms with E-state index in [2.05, 4.69) is 21.0 Å². The van der Waals surface area contributed by atoms with Gasteiger partial charge in [-0.05, 0) is 46.5 Å². The number of hydrogen-bond donors (Lipinski definition) is 1. The molecule has 1 aliphatic carbocycles. The average molecular weight is 311 g/mol. The molecule has 0 aliphatic heterocycles. The summed E-state index contributed by atoms with van der Waals surface area (Å²) in [4.78, 5) is 12.0. The van der Waals surface area contributed by atoms with Crippen molar-refractivity contribution in [2.75, 3.05) is 0 Å². The van der Waals surface area contributed by atoms with Crippen LogP contribution in [0.2, 0.25) is 0 Å². The van der Waals surface area contributed by atoms with E-state index in [-0.39, 0.29) is 11.4 Å². The summed E-state index contributed by atoms with van der Waals surface area (Å²) in [6.07, 6.45) is 2.27. The topological polar surface area (TPSA) is 37.8 Å². The van der Waals surface area contributed by atoms with E-state index in [1.807, 2.05) is 0 Å². The van der Waals surface area contributed by atoms with Crippen molar-refractivity contribution in [1.29, 1.82) is 0 Å². The highest BCUT2D eigenvalue weighted by molar-refractivity contribution is 9.10. The zero-order valence-electron chi connectivity index (χ0n) is 9.62. The second-order valence-electron chi connectivity index (χ2n) is 4.63. The minimum absolute atomic E-state index is 0.0544. The maximum Gasteiger partial charge on any atom is 0.281 e. The number of nitrogens with zero attached hydrogens (tertiary/aromatic N) is 1. The molecule has 3 nitrogen and oxygen atoms in total. The van der Waals surface area contributed by atoms with Crippen LogP contribution in [0.25, 0.3) is 0 Å².